The largest absolute Gasteiger partial charge is 0.352 e. The topological polar surface area (TPSA) is 42.2 Å². The van der Waals surface area contributed by atoms with Gasteiger partial charge in [0.05, 0.1) is 0 Å². The molecule has 0 aliphatic carbocycles. The Kier molecular flexibility index (Phi) is 3.71. The average Bonchev–Trinajstić information content (AvgIpc) is 2.29. The van der Waals surface area contributed by atoms with Crippen molar-refractivity contribution in [3.8, 4) is 0 Å². The predicted octanol–water partition coefficient (Wildman–Crippen LogP) is 2.04. The first-order valence-corrected chi connectivity index (χ1v) is 6.90. The summed E-state index contributed by atoms with van der Waals surface area (Å²) in [4.78, 5) is 6.89. The summed E-state index contributed by atoms with van der Waals surface area (Å²) in [6.07, 6.45) is 1.86. The van der Waals surface area contributed by atoms with Crippen LogP contribution in [-0.4, -0.2) is 29.1 Å². The van der Waals surface area contributed by atoms with Gasteiger partial charge in [0, 0.05) is 41.9 Å². The highest BCUT2D eigenvalue weighted by Crippen LogP contribution is 2.27. The average molecular weight is 237 g/mol. The van der Waals surface area contributed by atoms with E-state index in [1.807, 2.05) is 30.9 Å². The summed E-state index contributed by atoms with van der Waals surface area (Å²) in [5.74, 6) is 3.43. The maximum absolute atomic E-state index is 5.99. The van der Waals surface area contributed by atoms with Crippen molar-refractivity contribution in [1.29, 1.82) is 0 Å². The number of nitrogens with zero attached hydrogens (tertiary/aromatic N) is 2. The van der Waals surface area contributed by atoms with Crippen LogP contribution >= 0.6 is 11.8 Å². The molecule has 1 aliphatic heterocycles. The van der Waals surface area contributed by atoms with E-state index in [0.717, 1.165) is 17.9 Å². The molecule has 2 atom stereocenters. The number of nitrogens with two attached hydrogens (primary N) is 1. The van der Waals surface area contributed by atoms with Gasteiger partial charge in [-0.15, -0.1) is 0 Å². The van der Waals surface area contributed by atoms with Gasteiger partial charge in [0.25, 0.3) is 0 Å². The van der Waals surface area contributed by atoms with E-state index >= 15 is 0 Å². The highest BCUT2D eigenvalue weighted by atomic mass is 32.2. The van der Waals surface area contributed by atoms with E-state index in [-0.39, 0.29) is 6.04 Å². The van der Waals surface area contributed by atoms with Gasteiger partial charge in [-0.25, -0.2) is 4.98 Å². The molecule has 2 heterocycles. The molecule has 1 fully saturated rings. The van der Waals surface area contributed by atoms with Gasteiger partial charge >= 0.3 is 0 Å². The van der Waals surface area contributed by atoms with Gasteiger partial charge in [-0.3, -0.25) is 0 Å². The molecular weight excluding hydrogens is 218 g/mol. The van der Waals surface area contributed by atoms with Crippen molar-refractivity contribution in [3.63, 3.8) is 0 Å². The third kappa shape index (κ3) is 2.33. The Balaban J connectivity index is 2.31. The third-order valence-corrected chi connectivity index (χ3v) is 4.14. The standard InChI is InChI=1S/C12H19N3S/c1-9-8-16-7-6-15(9)12-11(10(2)13)4-3-5-14-12/h3-5,9-10H,6-8,13H2,1-2H3/t9?,10-/m1/s1. The number of pyridine rings is 1. The van der Waals surface area contributed by atoms with E-state index in [1.54, 1.807) is 0 Å². The molecule has 3 nitrogen and oxygen atoms in total. The summed E-state index contributed by atoms with van der Waals surface area (Å²) in [6.45, 7) is 5.35. The number of rotatable bonds is 2. The van der Waals surface area contributed by atoms with Crippen molar-refractivity contribution in [3.05, 3.63) is 23.9 Å². The molecule has 0 amide bonds. The molecule has 0 spiro atoms. The zero-order chi connectivity index (χ0) is 11.5. The van der Waals surface area contributed by atoms with Crippen LogP contribution in [0.4, 0.5) is 5.82 Å². The minimum Gasteiger partial charge on any atom is -0.352 e. The van der Waals surface area contributed by atoms with Gasteiger partial charge in [0.15, 0.2) is 0 Å². The van der Waals surface area contributed by atoms with Gasteiger partial charge in [0.1, 0.15) is 5.82 Å². The van der Waals surface area contributed by atoms with E-state index in [4.69, 9.17) is 5.73 Å². The Hall–Kier alpha value is -0.740. The molecule has 1 aromatic rings. The molecule has 1 unspecified atom stereocenters. The zero-order valence-electron chi connectivity index (χ0n) is 9.89. The van der Waals surface area contributed by atoms with Crippen LogP contribution in [0.2, 0.25) is 0 Å². The minimum absolute atomic E-state index is 0.0467. The number of hydrogen-bond donors (Lipinski definition) is 1. The maximum atomic E-state index is 5.99. The fraction of sp³-hybridized carbons (Fsp3) is 0.583. The number of thioether (sulfide) groups is 1. The highest BCUT2D eigenvalue weighted by molar-refractivity contribution is 7.99. The summed E-state index contributed by atoms with van der Waals surface area (Å²) < 4.78 is 0. The molecule has 16 heavy (non-hydrogen) atoms. The Labute approximate surface area is 101 Å². The molecule has 4 heteroatoms. The molecule has 1 aliphatic rings. The van der Waals surface area contributed by atoms with Crippen molar-refractivity contribution >= 4 is 17.6 Å². The van der Waals surface area contributed by atoms with Gasteiger partial charge in [-0.05, 0) is 19.9 Å². The predicted molar refractivity (Wildman–Crippen MR) is 71.0 cm³/mol. The second-order valence-electron chi connectivity index (χ2n) is 4.32. The lowest BCUT2D eigenvalue weighted by Crippen LogP contribution is -2.41. The summed E-state index contributed by atoms with van der Waals surface area (Å²) in [5, 5.41) is 0. The molecule has 2 rings (SSSR count). The van der Waals surface area contributed by atoms with Crippen molar-refractivity contribution in [2.75, 3.05) is 23.0 Å². The van der Waals surface area contributed by atoms with Gasteiger partial charge in [-0.2, -0.15) is 11.8 Å². The molecule has 0 radical (unpaired) electrons. The summed E-state index contributed by atoms with van der Waals surface area (Å²) in [7, 11) is 0. The Bertz CT molecular complexity index is 354. The van der Waals surface area contributed by atoms with Gasteiger partial charge in [0.2, 0.25) is 0 Å². The second kappa shape index (κ2) is 5.06. The molecular formula is C12H19N3S. The minimum atomic E-state index is 0.0467. The molecule has 2 N–H and O–H groups in total. The SMILES string of the molecule is CC1CSCCN1c1ncccc1[C@@H](C)N. The lowest BCUT2D eigenvalue weighted by Gasteiger charge is -2.35. The normalized spacial score (nSPS) is 23.2. The molecule has 1 aromatic heterocycles. The van der Waals surface area contributed by atoms with Crippen molar-refractivity contribution in [2.45, 2.75) is 25.9 Å². The van der Waals surface area contributed by atoms with Crippen LogP contribution in [0.1, 0.15) is 25.5 Å². The maximum Gasteiger partial charge on any atom is 0.133 e. The lowest BCUT2D eigenvalue weighted by atomic mass is 10.1. The van der Waals surface area contributed by atoms with Crippen LogP contribution in [0.15, 0.2) is 18.3 Å². The molecule has 0 saturated carbocycles. The first-order valence-electron chi connectivity index (χ1n) is 5.75. The third-order valence-electron chi connectivity index (χ3n) is 2.95. The van der Waals surface area contributed by atoms with Gasteiger partial charge in [-0.1, -0.05) is 6.07 Å². The van der Waals surface area contributed by atoms with E-state index in [2.05, 4.69) is 22.9 Å². The van der Waals surface area contributed by atoms with Crippen molar-refractivity contribution in [2.24, 2.45) is 5.73 Å². The van der Waals surface area contributed by atoms with Crippen LogP contribution in [0.3, 0.4) is 0 Å². The molecule has 1 saturated heterocycles. The van der Waals surface area contributed by atoms with Crippen LogP contribution in [0.5, 0.6) is 0 Å². The zero-order valence-corrected chi connectivity index (χ0v) is 10.7. The monoisotopic (exact) mass is 237 g/mol. The first-order chi connectivity index (χ1) is 7.70. The summed E-state index contributed by atoms with van der Waals surface area (Å²) in [5.41, 5.74) is 7.15. The number of anilines is 1. The Morgan fingerprint density at radius 2 is 2.44 bits per heavy atom. The second-order valence-corrected chi connectivity index (χ2v) is 5.47. The van der Waals surface area contributed by atoms with E-state index in [9.17, 15) is 0 Å². The summed E-state index contributed by atoms with van der Waals surface area (Å²) in [6, 6.07) is 4.64. The van der Waals surface area contributed by atoms with E-state index in [0.29, 0.717) is 6.04 Å². The fourth-order valence-corrected chi connectivity index (χ4v) is 3.06. The quantitative estimate of drug-likeness (QED) is 0.855. The number of hydrogen-bond acceptors (Lipinski definition) is 4. The summed E-state index contributed by atoms with van der Waals surface area (Å²) >= 11 is 2.01. The van der Waals surface area contributed by atoms with Crippen molar-refractivity contribution in [1.82, 2.24) is 4.98 Å². The van der Waals surface area contributed by atoms with Gasteiger partial charge < -0.3 is 10.6 Å². The van der Waals surface area contributed by atoms with Crippen LogP contribution in [0.25, 0.3) is 0 Å². The highest BCUT2D eigenvalue weighted by Gasteiger charge is 2.22. The molecule has 0 aromatic carbocycles. The van der Waals surface area contributed by atoms with Crippen LogP contribution in [0, 0.1) is 0 Å². The van der Waals surface area contributed by atoms with E-state index < -0.39 is 0 Å². The van der Waals surface area contributed by atoms with E-state index in [1.165, 1.54) is 11.5 Å². The van der Waals surface area contributed by atoms with Crippen LogP contribution < -0.4 is 10.6 Å². The van der Waals surface area contributed by atoms with Crippen LogP contribution in [-0.2, 0) is 0 Å². The molecule has 88 valence electrons. The van der Waals surface area contributed by atoms with Crippen molar-refractivity contribution < 1.29 is 0 Å². The lowest BCUT2D eigenvalue weighted by molar-refractivity contribution is 0.676. The fourth-order valence-electron chi connectivity index (χ4n) is 2.05. The Morgan fingerprint density at radius 3 is 3.12 bits per heavy atom. The molecule has 0 bridgehead atoms. The smallest absolute Gasteiger partial charge is 0.133 e. The first kappa shape index (κ1) is 11.7. The Morgan fingerprint density at radius 1 is 1.62 bits per heavy atom. The number of aromatic nitrogens is 1.